The predicted octanol–water partition coefficient (Wildman–Crippen LogP) is 0.736. The van der Waals surface area contributed by atoms with Crippen LogP contribution in [0, 0.1) is 11.6 Å². The summed E-state index contributed by atoms with van der Waals surface area (Å²) in [6.45, 7) is -0.148. The molecular formula is C13H12F2N6O. The highest BCUT2D eigenvalue weighted by molar-refractivity contribution is 5.25. The van der Waals surface area contributed by atoms with Crippen LogP contribution in [-0.4, -0.2) is 35.1 Å². The van der Waals surface area contributed by atoms with Gasteiger partial charge in [0.05, 0.1) is 25.5 Å². The van der Waals surface area contributed by atoms with Crippen molar-refractivity contribution in [2.75, 3.05) is 0 Å². The molecule has 3 rings (SSSR count). The van der Waals surface area contributed by atoms with Crippen LogP contribution < -0.4 is 0 Å². The van der Waals surface area contributed by atoms with Crippen LogP contribution in [0.4, 0.5) is 8.78 Å². The van der Waals surface area contributed by atoms with Crippen molar-refractivity contribution in [2.45, 2.75) is 18.7 Å². The maximum atomic E-state index is 14.1. The lowest BCUT2D eigenvalue weighted by atomic mass is 9.93. The molecule has 0 saturated carbocycles. The number of rotatable bonds is 5. The molecule has 0 aliphatic heterocycles. The SMILES string of the molecule is OC(Cn1ccnn1)(Cn1ccnn1)c1ccc(F)cc1F. The third kappa shape index (κ3) is 2.84. The van der Waals surface area contributed by atoms with E-state index in [1.54, 1.807) is 0 Å². The summed E-state index contributed by atoms with van der Waals surface area (Å²) < 4.78 is 29.9. The summed E-state index contributed by atoms with van der Waals surface area (Å²) in [6, 6.07) is 3.02. The Labute approximate surface area is 123 Å². The first kappa shape index (κ1) is 14.3. The maximum absolute atomic E-state index is 14.1. The largest absolute Gasteiger partial charge is 0.381 e. The Balaban J connectivity index is 2.01. The molecule has 1 N–H and O–H groups in total. The molecule has 7 nitrogen and oxygen atoms in total. The summed E-state index contributed by atoms with van der Waals surface area (Å²) >= 11 is 0. The minimum Gasteiger partial charge on any atom is -0.381 e. The van der Waals surface area contributed by atoms with E-state index in [2.05, 4.69) is 20.6 Å². The van der Waals surface area contributed by atoms with Crippen molar-refractivity contribution in [2.24, 2.45) is 0 Å². The topological polar surface area (TPSA) is 81.6 Å². The van der Waals surface area contributed by atoms with Gasteiger partial charge in [0.25, 0.3) is 0 Å². The number of hydrogen-bond acceptors (Lipinski definition) is 5. The molecule has 0 radical (unpaired) electrons. The van der Waals surface area contributed by atoms with Gasteiger partial charge in [0.2, 0.25) is 0 Å². The number of benzene rings is 1. The predicted molar refractivity (Wildman–Crippen MR) is 70.3 cm³/mol. The Bertz CT molecular complexity index is 708. The van der Waals surface area contributed by atoms with E-state index in [-0.39, 0.29) is 18.7 Å². The van der Waals surface area contributed by atoms with Gasteiger partial charge >= 0.3 is 0 Å². The summed E-state index contributed by atoms with van der Waals surface area (Å²) in [5, 5.41) is 25.8. The average molecular weight is 306 g/mol. The second-order valence-corrected chi connectivity index (χ2v) is 4.86. The van der Waals surface area contributed by atoms with Crippen molar-refractivity contribution in [1.29, 1.82) is 0 Å². The monoisotopic (exact) mass is 306 g/mol. The Morgan fingerprint density at radius 3 is 2.05 bits per heavy atom. The summed E-state index contributed by atoms with van der Waals surface area (Å²) in [7, 11) is 0. The summed E-state index contributed by atoms with van der Waals surface area (Å²) in [5.74, 6) is -1.56. The van der Waals surface area contributed by atoms with E-state index in [1.807, 2.05) is 0 Å². The van der Waals surface area contributed by atoms with Gasteiger partial charge in [0.1, 0.15) is 17.2 Å². The smallest absolute Gasteiger partial charge is 0.132 e. The van der Waals surface area contributed by atoms with Crippen LogP contribution in [0.5, 0.6) is 0 Å². The first-order chi connectivity index (χ1) is 10.6. The van der Waals surface area contributed by atoms with Crippen LogP contribution in [-0.2, 0) is 18.7 Å². The van der Waals surface area contributed by atoms with Crippen LogP contribution in [0.25, 0.3) is 0 Å². The molecule has 2 aromatic heterocycles. The van der Waals surface area contributed by atoms with Gasteiger partial charge in [-0.25, -0.2) is 18.1 Å². The van der Waals surface area contributed by atoms with Gasteiger partial charge in [-0.1, -0.05) is 16.5 Å². The van der Waals surface area contributed by atoms with Gasteiger partial charge in [-0.05, 0) is 6.07 Å². The zero-order valence-corrected chi connectivity index (χ0v) is 11.3. The molecule has 1 aromatic carbocycles. The van der Waals surface area contributed by atoms with Crippen LogP contribution >= 0.6 is 0 Å². The Morgan fingerprint density at radius 1 is 1.00 bits per heavy atom. The molecule has 0 fully saturated rings. The Kier molecular flexibility index (Phi) is 3.63. The molecule has 0 spiro atoms. The number of aliphatic hydroxyl groups is 1. The van der Waals surface area contributed by atoms with Crippen molar-refractivity contribution in [3.63, 3.8) is 0 Å². The molecule has 114 valence electrons. The van der Waals surface area contributed by atoms with E-state index in [1.165, 1.54) is 40.2 Å². The zero-order chi connectivity index (χ0) is 15.6. The molecule has 22 heavy (non-hydrogen) atoms. The van der Waals surface area contributed by atoms with E-state index in [0.29, 0.717) is 0 Å². The lowest BCUT2D eigenvalue weighted by Gasteiger charge is -2.28. The number of aromatic nitrogens is 6. The van der Waals surface area contributed by atoms with Gasteiger partial charge in [0, 0.05) is 24.0 Å². The Morgan fingerprint density at radius 2 is 1.59 bits per heavy atom. The van der Waals surface area contributed by atoms with Crippen LogP contribution in [0.3, 0.4) is 0 Å². The first-order valence-corrected chi connectivity index (χ1v) is 6.43. The highest BCUT2D eigenvalue weighted by atomic mass is 19.1. The van der Waals surface area contributed by atoms with Crippen LogP contribution in [0.2, 0.25) is 0 Å². The molecule has 0 amide bonds. The second-order valence-electron chi connectivity index (χ2n) is 4.86. The van der Waals surface area contributed by atoms with E-state index in [4.69, 9.17) is 0 Å². The summed E-state index contributed by atoms with van der Waals surface area (Å²) in [5.41, 5.74) is -1.75. The minimum absolute atomic E-state index is 0.0556. The highest BCUT2D eigenvalue weighted by Crippen LogP contribution is 2.28. The fourth-order valence-electron chi connectivity index (χ4n) is 2.26. The van der Waals surface area contributed by atoms with Gasteiger partial charge in [-0.2, -0.15) is 0 Å². The zero-order valence-electron chi connectivity index (χ0n) is 11.3. The van der Waals surface area contributed by atoms with E-state index < -0.39 is 17.2 Å². The third-order valence-corrected chi connectivity index (χ3v) is 3.22. The van der Waals surface area contributed by atoms with Gasteiger partial charge < -0.3 is 5.11 Å². The number of nitrogens with zero attached hydrogens (tertiary/aromatic N) is 6. The van der Waals surface area contributed by atoms with Crippen LogP contribution in [0.15, 0.2) is 43.0 Å². The van der Waals surface area contributed by atoms with Crippen molar-refractivity contribution in [1.82, 2.24) is 30.0 Å². The maximum Gasteiger partial charge on any atom is 0.132 e. The van der Waals surface area contributed by atoms with Crippen molar-refractivity contribution in [3.05, 3.63) is 60.2 Å². The van der Waals surface area contributed by atoms with Crippen molar-refractivity contribution >= 4 is 0 Å². The van der Waals surface area contributed by atoms with E-state index in [9.17, 15) is 13.9 Å². The van der Waals surface area contributed by atoms with Crippen molar-refractivity contribution < 1.29 is 13.9 Å². The number of halogens is 2. The van der Waals surface area contributed by atoms with Gasteiger partial charge in [0.15, 0.2) is 0 Å². The fourth-order valence-corrected chi connectivity index (χ4v) is 2.26. The quantitative estimate of drug-likeness (QED) is 0.752. The minimum atomic E-state index is -1.70. The van der Waals surface area contributed by atoms with Crippen molar-refractivity contribution in [3.8, 4) is 0 Å². The molecule has 9 heteroatoms. The standard InChI is InChI=1S/C13H12F2N6O/c14-10-1-2-11(12(15)7-10)13(22,8-20-5-3-16-18-20)9-21-6-4-17-19-21/h1-7,22H,8-9H2. The summed E-state index contributed by atoms with van der Waals surface area (Å²) in [4.78, 5) is 0. The van der Waals surface area contributed by atoms with E-state index >= 15 is 0 Å². The first-order valence-electron chi connectivity index (χ1n) is 6.43. The molecule has 0 saturated heterocycles. The molecule has 0 bridgehead atoms. The molecular weight excluding hydrogens is 294 g/mol. The molecule has 3 aromatic rings. The number of hydrogen-bond donors (Lipinski definition) is 1. The van der Waals surface area contributed by atoms with Crippen LogP contribution in [0.1, 0.15) is 5.56 Å². The normalized spacial score (nSPS) is 11.8. The second kappa shape index (κ2) is 5.60. The molecule has 0 aliphatic carbocycles. The Hall–Kier alpha value is -2.68. The molecule has 0 atom stereocenters. The summed E-state index contributed by atoms with van der Waals surface area (Å²) in [6.07, 6.45) is 5.95. The third-order valence-electron chi connectivity index (χ3n) is 3.22. The molecule has 0 unspecified atom stereocenters. The van der Waals surface area contributed by atoms with Gasteiger partial charge in [-0.3, -0.25) is 0 Å². The lowest BCUT2D eigenvalue weighted by molar-refractivity contribution is -0.00925. The fraction of sp³-hybridized carbons (Fsp3) is 0.231. The highest BCUT2D eigenvalue weighted by Gasteiger charge is 2.34. The molecule has 0 aliphatic rings. The van der Waals surface area contributed by atoms with Gasteiger partial charge in [-0.15, -0.1) is 10.2 Å². The van der Waals surface area contributed by atoms with E-state index in [0.717, 1.165) is 12.1 Å². The lowest BCUT2D eigenvalue weighted by Crippen LogP contribution is -2.37. The average Bonchev–Trinajstić information content (AvgIpc) is 3.12. The molecule has 2 heterocycles.